The van der Waals surface area contributed by atoms with Gasteiger partial charge in [-0.25, -0.2) is 8.42 Å². The second kappa shape index (κ2) is 6.26. The molecule has 1 atom stereocenters. The lowest BCUT2D eigenvalue weighted by molar-refractivity contribution is 0.0554. The first-order chi connectivity index (χ1) is 8.41. The Labute approximate surface area is 110 Å². The van der Waals surface area contributed by atoms with Crippen LogP contribution in [0, 0.1) is 11.3 Å². The molecule has 0 saturated heterocycles. The van der Waals surface area contributed by atoms with Crippen molar-refractivity contribution >= 4 is 21.4 Å². The fourth-order valence-corrected chi connectivity index (χ4v) is 3.83. The predicted molar refractivity (Wildman–Crippen MR) is 66.7 cm³/mol. The van der Waals surface area contributed by atoms with Gasteiger partial charge in [-0.2, -0.15) is 9.57 Å². The zero-order chi connectivity index (χ0) is 13.8. The van der Waals surface area contributed by atoms with Crippen molar-refractivity contribution in [3.05, 3.63) is 17.0 Å². The number of likely N-dealkylation sites (N-methyl/N-ethyl adjacent to an activating group) is 1. The van der Waals surface area contributed by atoms with Gasteiger partial charge in [-0.15, -0.1) is 11.3 Å². The summed E-state index contributed by atoms with van der Waals surface area (Å²) in [7, 11) is -0.855. The van der Waals surface area contributed by atoms with Crippen LogP contribution in [0.4, 0.5) is 0 Å². The molecule has 0 amide bonds. The minimum atomic E-state index is -3.66. The summed E-state index contributed by atoms with van der Waals surface area (Å²) in [5.74, 6) is 0. The van der Waals surface area contributed by atoms with E-state index in [1.54, 1.807) is 0 Å². The molecule has 1 unspecified atom stereocenters. The number of thiophene rings is 1. The summed E-state index contributed by atoms with van der Waals surface area (Å²) in [4.78, 5) is 0.333. The summed E-state index contributed by atoms with van der Waals surface area (Å²) in [6.07, 6.45) is -0.884. The van der Waals surface area contributed by atoms with E-state index < -0.39 is 16.1 Å². The maximum Gasteiger partial charge on any atom is 0.252 e. The Morgan fingerprint density at radius 1 is 1.61 bits per heavy atom. The van der Waals surface area contributed by atoms with Crippen LogP contribution >= 0.6 is 11.3 Å². The molecular weight excluding hydrogens is 276 g/mol. The largest absolute Gasteiger partial charge is 0.389 e. The van der Waals surface area contributed by atoms with Crippen LogP contribution in [0.5, 0.6) is 0 Å². The highest BCUT2D eigenvalue weighted by Gasteiger charge is 2.24. The Kier molecular flexibility index (Phi) is 5.25. The lowest BCUT2D eigenvalue weighted by Gasteiger charge is -2.19. The molecule has 1 heterocycles. The maximum atomic E-state index is 12.1. The van der Waals surface area contributed by atoms with E-state index in [0.717, 1.165) is 15.6 Å². The van der Waals surface area contributed by atoms with Gasteiger partial charge in [0, 0.05) is 20.7 Å². The molecule has 0 radical (unpaired) electrons. The van der Waals surface area contributed by atoms with E-state index in [4.69, 9.17) is 10.00 Å². The van der Waals surface area contributed by atoms with Crippen LogP contribution in [0.3, 0.4) is 0 Å². The fourth-order valence-electron chi connectivity index (χ4n) is 1.31. The molecule has 0 spiro atoms. The van der Waals surface area contributed by atoms with Gasteiger partial charge < -0.3 is 9.84 Å². The smallest absolute Gasteiger partial charge is 0.252 e. The molecule has 1 aromatic heterocycles. The highest BCUT2D eigenvalue weighted by Crippen LogP contribution is 2.23. The minimum absolute atomic E-state index is 0.0596. The molecule has 0 aromatic carbocycles. The van der Waals surface area contributed by atoms with E-state index in [9.17, 15) is 13.5 Å². The van der Waals surface area contributed by atoms with Crippen molar-refractivity contribution < 1.29 is 18.3 Å². The highest BCUT2D eigenvalue weighted by atomic mass is 32.2. The molecule has 0 fully saturated rings. The van der Waals surface area contributed by atoms with Crippen molar-refractivity contribution in [3.8, 4) is 6.07 Å². The van der Waals surface area contributed by atoms with Crippen LogP contribution in [0.15, 0.2) is 16.3 Å². The molecule has 0 aliphatic rings. The van der Waals surface area contributed by atoms with Gasteiger partial charge in [0.25, 0.3) is 10.0 Å². The average molecular weight is 290 g/mol. The van der Waals surface area contributed by atoms with Crippen LogP contribution in [0.25, 0.3) is 0 Å². The number of aliphatic hydroxyl groups is 1. The zero-order valence-corrected chi connectivity index (χ0v) is 11.7. The van der Waals surface area contributed by atoms with Gasteiger partial charge in [0.1, 0.15) is 15.2 Å². The molecular formula is C10H14N2O4S2. The van der Waals surface area contributed by atoms with E-state index in [1.807, 2.05) is 6.07 Å². The summed E-state index contributed by atoms with van der Waals surface area (Å²) in [6.45, 7) is 0.00368. The fraction of sp³-hybridized carbons (Fsp3) is 0.500. The minimum Gasteiger partial charge on any atom is -0.389 e. The van der Waals surface area contributed by atoms with Crippen molar-refractivity contribution in [2.45, 2.75) is 10.3 Å². The van der Waals surface area contributed by atoms with Gasteiger partial charge in [0.15, 0.2) is 0 Å². The number of nitriles is 1. The van der Waals surface area contributed by atoms with E-state index in [1.165, 1.54) is 26.3 Å². The number of hydrogen-bond donors (Lipinski definition) is 1. The van der Waals surface area contributed by atoms with Gasteiger partial charge in [-0.1, -0.05) is 0 Å². The van der Waals surface area contributed by atoms with Gasteiger partial charge in [0.2, 0.25) is 0 Å². The molecule has 1 N–H and O–H groups in total. The number of hydrogen-bond acceptors (Lipinski definition) is 6. The second-order valence-electron chi connectivity index (χ2n) is 3.63. The Balaban J connectivity index is 2.83. The molecule has 1 rings (SSSR count). The quantitative estimate of drug-likeness (QED) is 0.811. The summed E-state index contributed by atoms with van der Waals surface area (Å²) in [6, 6.07) is 4.73. The number of sulfonamides is 1. The first-order valence-corrected chi connectivity index (χ1v) is 7.30. The van der Waals surface area contributed by atoms with Gasteiger partial charge in [-0.05, 0) is 12.1 Å². The molecule has 0 aliphatic heterocycles. The SMILES string of the molecule is COCC(O)CN(C)S(=O)(=O)c1ccc(C#N)s1. The number of aliphatic hydroxyl groups excluding tert-OH is 1. The third-order valence-electron chi connectivity index (χ3n) is 2.18. The molecule has 0 bridgehead atoms. The Bertz CT molecular complexity index is 532. The molecule has 100 valence electrons. The highest BCUT2D eigenvalue weighted by molar-refractivity contribution is 7.91. The van der Waals surface area contributed by atoms with E-state index >= 15 is 0 Å². The summed E-state index contributed by atoms with van der Waals surface area (Å²) < 4.78 is 30.0. The number of nitrogens with zero attached hydrogens (tertiary/aromatic N) is 2. The monoisotopic (exact) mass is 290 g/mol. The third kappa shape index (κ3) is 3.51. The molecule has 0 saturated carbocycles. The van der Waals surface area contributed by atoms with Crippen LogP contribution in [0.2, 0.25) is 0 Å². The van der Waals surface area contributed by atoms with Crippen molar-refractivity contribution in [3.63, 3.8) is 0 Å². The van der Waals surface area contributed by atoms with Gasteiger partial charge in [-0.3, -0.25) is 0 Å². The van der Waals surface area contributed by atoms with Crippen LogP contribution in [-0.2, 0) is 14.8 Å². The van der Waals surface area contributed by atoms with Crippen molar-refractivity contribution in [1.82, 2.24) is 4.31 Å². The maximum absolute atomic E-state index is 12.1. The molecule has 1 aromatic rings. The summed E-state index contributed by atoms with van der Waals surface area (Å²) in [5, 5.41) is 18.2. The lowest BCUT2D eigenvalue weighted by atomic mass is 10.4. The number of ether oxygens (including phenoxy) is 1. The number of methoxy groups -OCH3 is 1. The topological polar surface area (TPSA) is 90.6 Å². The van der Waals surface area contributed by atoms with E-state index in [2.05, 4.69) is 0 Å². The lowest BCUT2D eigenvalue weighted by Crippen LogP contribution is -2.35. The first kappa shape index (κ1) is 15.1. The summed E-state index contributed by atoms with van der Waals surface area (Å²) in [5.41, 5.74) is 0. The van der Waals surface area contributed by atoms with Crippen LogP contribution in [-0.4, -0.2) is 51.2 Å². The zero-order valence-electron chi connectivity index (χ0n) is 10.0. The molecule has 6 nitrogen and oxygen atoms in total. The third-order valence-corrected chi connectivity index (χ3v) is 5.46. The van der Waals surface area contributed by atoms with E-state index in [0.29, 0.717) is 4.88 Å². The Morgan fingerprint density at radius 2 is 2.28 bits per heavy atom. The normalized spacial score (nSPS) is 13.5. The Morgan fingerprint density at radius 3 is 2.78 bits per heavy atom. The predicted octanol–water partition coefficient (Wildman–Crippen LogP) is 0.248. The van der Waals surface area contributed by atoms with Crippen molar-refractivity contribution in [1.29, 1.82) is 5.26 Å². The van der Waals surface area contributed by atoms with Crippen LogP contribution < -0.4 is 0 Å². The first-order valence-electron chi connectivity index (χ1n) is 5.05. The van der Waals surface area contributed by atoms with E-state index in [-0.39, 0.29) is 17.4 Å². The van der Waals surface area contributed by atoms with Gasteiger partial charge >= 0.3 is 0 Å². The van der Waals surface area contributed by atoms with Gasteiger partial charge in [0.05, 0.1) is 12.7 Å². The van der Waals surface area contributed by atoms with Crippen molar-refractivity contribution in [2.75, 3.05) is 27.3 Å². The average Bonchev–Trinajstić information content (AvgIpc) is 2.78. The standard InChI is InChI=1S/C10H14N2O4S2/c1-12(6-8(13)7-16-2)18(14,15)10-4-3-9(5-11)17-10/h3-4,8,13H,6-7H2,1-2H3. The second-order valence-corrected chi connectivity index (χ2v) is 6.98. The molecule has 18 heavy (non-hydrogen) atoms. The van der Waals surface area contributed by atoms with Crippen molar-refractivity contribution in [2.24, 2.45) is 0 Å². The number of rotatable bonds is 6. The molecule has 0 aliphatic carbocycles. The molecule has 8 heteroatoms. The summed E-state index contributed by atoms with van der Waals surface area (Å²) >= 11 is 0.905. The Hall–Kier alpha value is -0.980. The van der Waals surface area contributed by atoms with Crippen LogP contribution in [0.1, 0.15) is 4.88 Å².